The summed E-state index contributed by atoms with van der Waals surface area (Å²) in [5.41, 5.74) is -0.206. The Morgan fingerprint density at radius 3 is 2.46 bits per heavy atom. The van der Waals surface area contributed by atoms with Crippen molar-refractivity contribution in [2.75, 3.05) is 6.61 Å². The molecule has 2 aromatic rings. The third-order valence-electron chi connectivity index (χ3n) is 6.00. The molecule has 3 aliphatic rings. The highest BCUT2D eigenvalue weighted by Gasteiger charge is 2.60. The maximum Gasteiger partial charge on any atom is 0.490 e. The van der Waals surface area contributed by atoms with Gasteiger partial charge in [0, 0.05) is 12.8 Å². The summed E-state index contributed by atoms with van der Waals surface area (Å²) in [6, 6.07) is 0. The van der Waals surface area contributed by atoms with Crippen LogP contribution in [0, 0.1) is 6.92 Å². The van der Waals surface area contributed by atoms with E-state index in [9.17, 15) is 28.3 Å². The van der Waals surface area contributed by atoms with Gasteiger partial charge in [-0.3, -0.25) is 13.9 Å². The third-order valence-corrected chi connectivity index (χ3v) is 9.80. The highest BCUT2D eigenvalue weighted by atomic mass is 31.3. The predicted molar refractivity (Wildman–Crippen MR) is 118 cm³/mol. The number of aromatic nitrogens is 4. The summed E-state index contributed by atoms with van der Waals surface area (Å²) in [6.45, 7) is 0.866. The Hall–Kier alpha value is -1.36. The molecular formula is C16H23N4O14P3. The molecule has 3 unspecified atom stereocenters. The highest BCUT2D eigenvalue weighted by molar-refractivity contribution is 7.66. The van der Waals surface area contributed by atoms with Gasteiger partial charge in [0.2, 0.25) is 0 Å². The molecule has 37 heavy (non-hydrogen) atoms. The zero-order valence-corrected chi connectivity index (χ0v) is 21.7. The van der Waals surface area contributed by atoms with Crippen molar-refractivity contribution in [3.63, 3.8) is 0 Å². The quantitative estimate of drug-likeness (QED) is 0.266. The van der Waals surface area contributed by atoms with Crippen LogP contribution < -0.4 is 5.56 Å². The Kier molecular flexibility index (Phi) is 6.90. The molecule has 4 heterocycles. The van der Waals surface area contributed by atoms with Crippen LogP contribution in [0.1, 0.15) is 37.7 Å². The minimum absolute atomic E-state index is 0.0527. The SMILES string of the molecule is Cc1nc2c(ncn2[C@@H]2O[C@H](COP(=O)(O)OP(=O)(O)OP(=O)(O)O)C3OC4(CCCC4)O[C@@H]32)c(=O)[nH]1. The lowest BCUT2D eigenvalue weighted by Gasteiger charge is -2.27. The number of nitrogens with one attached hydrogen (secondary N) is 1. The van der Waals surface area contributed by atoms with E-state index in [4.69, 9.17) is 28.5 Å². The van der Waals surface area contributed by atoms with E-state index >= 15 is 0 Å². The molecule has 21 heteroatoms. The number of phosphoric ester groups is 1. The van der Waals surface area contributed by atoms with E-state index in [1.165, 1.54) is 10.9 Å². The average molecular weight is 588 g/mol. The van der Waals surface area contributed by atoms with Gasteiger partial charge in [-0.15, -0.1) is 0 Å². The molecule has 3 fully saturated rings. The van der Waals surface area contributed by atoms with E-state index in [-0.39, 0.29) is 11.2 Å². The van der Waals surface area contributed by atoms with Gasteiger partial charge in [-0.1, -0.05) is 0 Å². The fourth-order valence-electron chi connectivity index (χ4n) is 4.70. The van der Waals surface area contributed by atoms with Gasteiger partial charge in [-0.25, -0.2) is 23.7 Å². The molecule has 18 nitrogen and oxygen atoms in total. The van der Waals surface area contributed by atoms with Crippen LogP contribution in [-0.4, -0.2) is 69.8 Å². The molecule has 206 valence electrons. The minimum atomic E-state index is -5.68. The van der Waals surface area contributed by atoms with Crippen molar-refractivity contribution in [3.05, 3.63) is 22.5 Å². The maximum absolute atomic E-state index is 12.3. The summed E-state index contributed by atoms with van der Waals surface area (Å²) in [6.07, 6.45) is 0.583. The number of rotatable bonds is 8. The normalized spacial score (nSPS) is 30.5. The molecule has 2 aromatic heterocycles. The summed E-state index contributed by atoms with van der Waals surface area (Å²) in [4.78, 5) is 59.8. The molecule has 2 saturated heterocycles. The van der Waals surface area contributed by atoms with E-state index in [1.54, 1.807) is 6.92 Å². The van der Waals surface area contributed by atoms with Crippen LogP contribution in [0.25, 0.3) is 11.2 Å². The Balaban J connectivity index is 1.38. The standard InChI is InChI=1S/C16H23N4O14P3/c1-8-18-13-10(14(21)19-8)17-7-20(13)15-12-11(31-16(32-12)4-2-3-5-16)9(30-15)6-29-36(25,26)34-37(27,28)33-35(22,23)24/h7,9,11-12,15H,2-6H2,1H3,(H,25,26)(H,27,28)(H,18,19,21)(H2,22,23,24)/t9-,11?,12+,15-/m1/s1. The van der Waals surface area contributed by atoms with Gasteiger partial charge in [-0.2, -0.15) is 8.62 Å². The van der Waals surface area contributed by atoms with Gasteiger partial charge in [0.25, 0.3) is 5.56 Å². The maximum atomic E-state index is 12.3. The van der Waals surface area contributed by atoms with E-state index < -0.39 is 66.0 Å². The van der Waals surface area contributed by atoms with Crippen LogP contribution in [0.3, 0.4) is 0 Å². The van der Waals surface area contributed by atoms with Crippen LogP contribution >= 0.6 is 23.5 Å². The van der Waals surface area contributed by atoms with Gasteiger partial charge >= 0.3 is 23.5 Å². The summed E-state index contributed by atoms with van der Waals surface area (Å²) < 4.78 is 66.8. The summed E-state index contributed by atoms with van der Waals surface area (Å²) in [5.74, 6) is -0.585. The first-order valence-corrected chi connectivity index (χ1v) is 15.4. The summed E-state index contributed by atoms with van der Waals surface area (Å²) in [5, 5.41) is 0. The molecule has 0 radical (unpaired) electrons. The molecule has 1 aliphatic carbocycles. The topological polar surface area (TPSA) is 251 Å². The molecule has 1 spiro atoms. The second kappa shape index (κ2) is 9.38. The fraction of sp³-hybridized carbons (Fsp3) is 0.688. The van der Waals surface area contributed by atoms with Gasteiger partial charge < -0.3 is 38.8 Å². The van der Waals surface area contributed by atoms with Crippen LogP contribution in [-0.2, 0) is 41.1 Å². The van der Waals surface area contributed by atoms with Crippen molar-refractivity contribution >= 4 is 34.6 Å². The van der Waals surface area contributed by atoms with Crippen molar-refractivity contribution in [2.45, 2.75) is 62.9 Å². The first-order chi connectivity index (χ1) is 17.2. The second-order valence-electron chi connectivity index (χ2n) is 8.71. The molecule has 1 saturated carbocycles. The van der Waals surface area contributed by atoms with E-state index in [2.05, 4.69) is 23.6 Å². The Morgan fingerprint density at radius 2 is 1.78 bits per heavy atom. The van der Waals surface area contributed by atoms with E-state index in [1.807, 2.05) is 0 Å². The van der Waals surface area contributed by atoms with Gasteiger partial charge in [0.15, 0.2) is 23.2 Å². The second-order valence-corrected chi connectivity index (χ2v) is 13.1. The Morgan fingerprint density at radius 1 is 1.11 bits per heavy atom. The summed E-state index contributed by atoms with van der Waals surface area (Å²) in [7, 11) is -16.6. The predicted octanol–water partition coefficient (Wildman–Crippen LogP) is 0.723. The lowest BCUT2D eigenvalue weighted by molar-refractivity contribution is -0.215. The van der Waals surface area contributed by atoms with Crippen LogP contribution in [0.4, 0.5) is 0 Å². The largest absolute Gasteiger partial charge is 0.490 e. The number of aromatic amines is 1. The number of fused-ring (bicyclic) bond motifs is 2. The van der Waals surface area contributed by atoms with Crippen LogP contribution in [0.15, 0.2) is 11.1 Å². The highest BCUT2D eigenvalue weighted by Crippen LogP contribution is 2.66. The minimum Gasteiger partial charge on any atom is -0.347 e. The number of phosphoric acid groups is 3. The van der Waals surface area contributed by atoms with Gasteiger partial charge in [0.1, 0.15) is 24.1 Å². The molecule has 0 bridgehead atoms. The van der Waals surface area contributed by atoms with E-state index in [0.717, 1.165) is 12.8 Å². The van der Waals surface area contributed by atoms with Crippen LogP contribution in [0.2, 0.25) is 0 Å². The van der Waals surface area contributed by atoms with Crippen molar-refractivity contribution < 1.29 is 60.6 Å². The lowest BCUT2D eigenvalue weighted by Crippen LogP contribution is -2.34. The number of nitrogens with zero attached hydrogens (tertiary/aromatic N) is 3. The molecule has 2 aliphatic heterocycles. The Labute approximate surface area is 207 Å². The fourth-order valence-corrected chi connectivity index (χ4v) is 7.73. The number of hydrogen-bond donors (Lipinski definition) is 5. The zero-order valence-electron chi connectivity index (χ0n) is 19.0. The van der Waals surface area contributed by atoms with Crippen molar-refractivity contribution in [1.29, 1.82) is 0 Å². The Bertz CT molecular complexity index is 1400. The number of hydrogen-bond acceptors (Lipinski definition) is 12. The average Bonchev–Trinajstić information content (AvgIpc) is 3.49. The number of ether oxygens (including phenoxy) is 3. The van der Waals surface area contributed by atoms with Crippen molar-refractivity contribution in [2.24, 2.45) is 0 Å². The van der Waals surface area contributed by atoms with Gasteiger partial charge in [-0.05, 0) is 19.8 Å². The van der Waals surface area contributed by atoms with E-state index in [0.29, 0.717) is 18.7 Å². The molecule has 6 atom stereocenters. The third kappa shape index (κ3) is 5.68. The molecule has 5 rings (SSSR count). The molecular weight excluding hydrogens is 565 g/mol. The first-order valence-electron chi connectivity index (χ1n) is 10.9. The van der Waals surface area contributed by atoms with Crippen molar-refractivity contribution in [1.82, 2.24) is 19.5 Å². The molecule has 0 aromatic carbocycles. The number of aryl methyl sites for hydroxylation is 1. The summed E-state index contributed by atoms with van der Waals surface area (Å²) >= 11 is 0. The monoisotopic (exact) mass is 588 g/mol. The van der Waals surface area contributed by atoms with Gasteiger partial charge in [0.05, 0.1) is 12.9 Å². The first kappa shape index (κ1) is 27.2. The molecule has 5 N–H and O–H groups in total. The smallest absolute Gasteiger partial charge is 0.347 e. The zero-order chi connectivity index (χ0) is 26.8. The lowest BCUT2D eigenvalue weighted by atomic mass is 10.1. The number of imidazole rings is 1. The van der Waals surface area contributed by atoms with Crippen LogP contribution in [0.5, 0.6) is 0 Å². The molecule has 0 amide bonds. The number of H-pyrrole nitrogens is 1. The van der Waals surface area contributed by atoms with Crippen molar-refractivity contribution in [3.8, 4) is 0 Å².